The molecule has 2 aromatic carbocycles. The van der Waals surface area contributed by atoms with Crippen LogP contribution in [0.4, 0.5) is 15.8 Å². The van der Waals surface area contributed by atoms with Gasteiger partial charge >= 0.3 is 11.4 Å². The molecule has 0 heterocycles. The zero-order valence-electron chi connectivity index (χ0n) is 10.2. The molecule has 0 aliphatic heterocycles. The fraction of sp³-hybridized carbons (Fsp3) is 0. The van der Waals surface area contributed by atoms with E-state index in [0.717, 1.165) is 18.2 Å². The van der Waals surface area contributed by atoms with Gasteiger partial charge in [0, 0.05) is 11.1 Å². The largest absolute Gasteiger partial charge is 0.443 e. The van der Waals surface area contributed by atoms with Crippen molar-refractivity contribution in [3.63, 3.8) is 0 Å². The minimum Gasteiger partial charge on any atom is -0.443 e. The number of hydrogen-bond donors (Lipinski definition) is 0. The van der Waals surface area contributed by atoms with E-state index in [1.165, 1.54) is 18.2 Å². The van der Waals surface area contributed by atoms with E-state index in [1.807, 2.05) is 0 Å². The highest BCUT2D eigenvalue weighted by Crippen LogP contribution is 2.38. The standard InChI is InChI=1S/C12H6ClFN2O5/c13-7-4-5-10(9(6-7)15(17)18)21-11-3-1-2-8(14)12(11)16(19)20/h1-6H. The molecule has 0 aliphatic rings. The van der Waals surface area contributed by atoms with Crippen LogP contribution in [0, 0.1) is 26.0 Å². The fourth-order valence-corrected chi connectivity index (χ4v) is 1.76. The Bertz CT molecular complexity index is 738. The average molecular weight is 313 g/mol. The molecule has 0 saturated carbocycles. The van der Waals surface area contributed by atoms with Crippen LogP contribution in [-0.2, 0) is 0 Å². The van der Waals surface area contributed by atoms with Gasteiger partial charge in [-0.1, -0.05) is 17.7 Å². The molecule has 0 saturated heterocycles. The minimum atomic E-state index is -1.10. The second-order valence-electron chi connectivity index (χ2n) is 3.81. The molecule has 0 atom stereocenters. The highest BCUT2D eigenvalue weighted by molar-refractivity contribution is 6.30. The molecule has 2 rings (SSSR count). The van der Waals surface area contributed by atoms with Gasteiger partial charge in [-0.3, -0.25) is 20.2 Å². The van der Waals surface area contributed by atoms with Crippen molar-refractivity contribution in [1.82, 2.24) is 0 Å². The van der Waals surface area contributed by atoms with Crippen molar-refractivity contribution < 1.29 is 19.0 Å². The van der Waals surface area contributed by atoms with Crippen LogP contribution in [0.3, 0.4) is 0 Å². The lowest BCUT2D eigenvalue weighted by molar-refractivity contribution is -0.389. The Morgan fingerprint density at radius 1 is 1.05 bits per heavy atom. The molecule has 2 aromatic rings. The second kappa shape index (κ2) is 5.71. The van der Waals surface area contributed by atoms with Crippen LogP contribution in [0.5, 0.6) is 11.5 Å². The molecule has 0 radical (unpaired) electrons. The number of nitrogens with zero attached hydrogens (tertiary/aromatic N) is 2. The number of rotatable bonds is 4. The van der Waals surface area contributed by atoms with Gasteiger partial charge in [-0.15, -0.1) is 0 Å². The van der Waals surface area contributed by atoms with Crippen molar-refractivity contribution >= 4 is 23.0 Å². The van der Waals surface area contributed by atoms with Crippen LogP contribution in [0.25, 0.3) is 0 Å². The number of hydrogen-bond acceptors (Lipinski definition) is 5. The van der Waals surface area contributed by atoms with Gasteiger partial charge in [-0.05, 0) is 24.3 Å². The van der Waals surface area contributed by atoms with Crippen LogP contribution >= 0.6 is 11.6 Å². The Balaban J connectivity index is 2.51. The molecule has 0 unspecified atom stereocenters. The van der Waals surface area contributed by atoms with Crippen molar-refractivity contribution in [3.05, 3.63) is 67.5 Å². The summed E-state index contributed by atoms with van der Waals surface area (Å²) < 4.78 is 18.6. The lowest BCUT2D eigenvalue weighted by Crippen LogP contribution is -1.98. The average Bonchev–Trinajstić information content (AvgIpc) is 2.40. The summed E-state index contributed by atoms with van der Waals surface area (Å²) >= 11 is 5.64. The van der Waals surface area contributed by atoms with Crippen molar-refractivity contribution in [3.8, 4) is 11.5 Å². The quantitative estimate of drug-likeness (QED) is 0.626. The molecular weight excluding hydrogens is 307 g/mol. The van der Waals surface area contributed by atoms with Gasteiger partial charge in [0.2, 0.25) is 17.3 Å². The number of nitro groups is 2. The number of para-hydroxylation sites is 1. The summed E-state index contributed by atoms with van der Waals surface area (Å²) in [7, 11) is 0. The summed E-state index contributed by atoms with van der Waals surface area (Å²) in [6.45, 7) is 0. The molecule has 7 nitrogen and oxygen atoms in total. The maximum absolute atomic E-state index is 13.5. The first-order chi connectivity index (χ1) is 9.90. The number of benzene rings is 2. The minimum absolute atomic E-state index is 0.0998. The van der Waals surface area contributed by atoms with Gasteiger partial charge in [0.05, 0.1) is 9.85 Å². The first-order valence-electron chi connectivity index (χ1n) is 5.45. The normalized spacial score (nSPS) is 10.2. The number of ether oxygens (including phenoxy) is 1. The lowest BCUT2D eigenvalue weighted by atomic mass is 10.2. The summed E-state index contributed by atoms with van der Waals surface area (Å²) in [5.41, 5.74) is -1.39. The van der Waals surface area contributed by atoms with Gasteiger partial charge in [0.15, 0.2) is 0 Å². The number of halogens is 2. The molecule has 0 aliphatic carbocycles. The monoisotopic (exact) mass is 312 g/mol. The highest BCUT2D eigenvalue weighted by Gasteiger charge is 2.24. The predicted octanol–water partition coefficient (Wildman–Crippen LogP) is 4.09. The third-order valence-corrected chi connectivity index (χ3v) is 2.71. The van der Waals surface area contributed by atoms with Crippen LogP contribution < -0.4 is 4.74 Å². The van der Waals surface area contributed by atoms with Gasteiger partial charge < -0.3 is 4.74 Å². The van der Waals surface area contributed by atoms with E-state index >= 15 is 0 Å². The summed E-state index contributed by atoms with van der Waals surface area (Å²) in [5.74, 6) is -1.82. The zero-order chi connectivity index (χ0) is 15.6. The SMILES string of the molecule is O=[N+]([O-])c1cc(Cl)ccc1Oc1cccc(F)c1[N+](=O)[O-]. The van der Waals surface area contributed by atoms with E-state index in [-0.39, 0.29) is 10.8 Å². The molecule has 0 fully saturated rings. The third kappa shape index (κ3) is 3.06. The van der Waals surface area contributed by atoms with Crippen LogP contribution in [0.1, 0.15) is 0 Å². The smallest absolute Gasteiger partial charge is 0.346 e. The zero-order valence-corrected chi connectivity index (χ0v) is 10.9. The summed E-state index contributed by atoms with van der Waals surface area (Å²) in [5, 5.41) is 21.8. The Hall–Kier alpha value is -2.74. The first-order valence-corrected chi connectivity index (χ1v) is 5.82. The van der Waals surface area contributed by atoms with Gasteiger partial charge in [0.25, 0.3) is 0 Å². The van der Waals surface area contributed by atoms with Crippen LogP contribution in [0.2, 0.25) is 5.02 Å². The van der Waals surface area contributed by atoms with Crippen molar-refractivity contribution in [1.29, 1.82) is 0 Å². The summed E-state index contributed by atoms with van der Waals surface area (Å²) in [6, 6.07) is 6.74. The Kier molecular flexibility index (Phi) is 3.99. The molecule has 9 heteroatoms. The van der Waals surface area contributed by atoms with Crippen molar-refractivity contribution in [2.75, 3.05) is 0 Å². The summed E-state index contributed by atoms with van der Waals surface area (Å²) in [4.78, 5) is 20.0. The van der Waals surface area contributed by atoms with Crippen molar-refractivity contribution in [2.45, 2.75) is 0 Å². The second-order valence-corrected chi connectivity index (χ2v) is 4.25. The topological polar surface area (TPSA) is 95.5 Å². The van der Waals surface area contributed by atoms with Crippen molar-refractivity contribution in [2.24, 2.45) is 0 Å². The Morgan fingerprint density at radius 2 is 1.76 bits per heavy atom. The van der Waals surface area contributed by atoms with E-state index in [0.29, 0.717) is 0 Å². The third-order valence-electron chi connectivity index (χ3n) is 2.47. The van der Waals surface area contributed by atoms with Gasteiger partial charge in [0.1, 0.15) is 0 Å². The van der Waals surface area contributed by atoms with Crippen LogP contribution in [0.15, 0.2) is 36.4 Å². The molecule has 0 amide bonds. The van der Waals surface area contributed by atoms with E-state index in [1.54, 1.807) is 0 Å². The maximum Gasteiger partial charge on any atom is 0.346 e. The Labute approximate surface area is 121 Å². The Morgan fingerprint density at radius 3 is 2.38 bits per heavy atom. The fourth-order valence-electron chi connectivity index (χ4n) is 1.59. The lowest BCUT2D eigenvalue weighted by Gasteiger charge is -2.07. The molecule has 0 N–H and O–H groups in total. The molecule has 0 bridgehead atoms. The molecule has 108 valence electrons. The first kappa shape index (κ1) is 14.7. The molecule has 21 heavy (non-hydrogen) atoms. The number of nitro benzene ring substituents is 2. The van der Waals surface area contributed by atoms with E-state index in [9.17, 15) is 24.6 Å². The van der Waals surface area contributed by atoms with E-state index < -0.39 is 32.8 Å². The van der Waals surface area contributed by atoms with Gasteiger partial charge in [-0.25, -0.2) is 0 Å². The summed E-state index contributed by atoms with van der Waals surface area (Å²) in [6.07, 6.45) is 0. The van der Waals surface area contributed by atoms with Gasteiger partial charge in [-0.2, -0.15) is 4.39 Å². The molecular formula is C12H6ClFN2O5. The molecule has 0 spiro atoms. The maximum atomic E-state index is 13.5. The van der Waals surface area contributed by atoms with Crippen LogP contribution in [-0.4, -0.2) is 9.85 Å². The highest BCUT2D eigenvalue weighted by atomic mass is 35.5. The molecule has 0 aromatic heterocycles. The predicted molar refractivity (Wildman–Crippen MR) is 71.2 cm³/mol. The van der Waals surface area contributed by atoms with E-state index in [2.05, 4.69) is 0 Å². The van der Waals surface area contributed by atoms with E-state index in [4.69, 9.17) is 16.3 Å².